The van der Waals surface area contributed by atoms with Crippen molar-refractivity contribution in [2.45, 2.75) is 18.9 Å². The lowest BCUT2D eigenvalue weighted by Crippen LogP contribution is -2.39. The Kier molecular flexibility index (Phi) is 3.86. The van der Waals surface area contributed by atoms with Gasteiger partial charge in [-0.1, -0.05) is 15.9 Å². The molecule has 0 aliphatic carbocycles. The van der Waals surface area contributed by atoms with Crippen LogP contribution in [0.3, 0.4) is 0 Å². The van der Waals surface area contributed by atoms with Gasteiger partial charge in [0.2, 0.25) is 5.91 Å². The van der Waals surface area contributed by atoms with Crippen LogP contribution in [0.5, 0.6) is 0 Å². The van der Waals surface area contributed by atoms with Crippen LogP contribution in [-0.4, -0.2) is 30.5 Å². The summed E-state index contributed by atoms with van der Waals surface area (Å²) in [5, 5.41) is 3.30. The maximum Gasteiger partial charge on any atom is 0.230 e. The summed E-state index contributed by atoms with van der Waals surface area (Å²) < 4.78 is 5.15. The summed E-state index contributed by atoms with van der Waals surface area (Å²) in [5.41, 5.74) is 0. The Morgan fingerprint density at radius 3 is 2.73 bits per heavy atom. The summed E-state index contributed by atoms with van der Waals surface area (Å²) >= 11 is 3.10. The molecule has 4 heteroatoms. The Morgan fingerprint density at radius 1 is 1.55 bits per heavy atom. The second-order valence-corrected chi connectivity index (χ2v) is 3.15. The molecule has 0 saturated carbocycles. The zero-order chi connectivity index (χ0) is 8.10. The Morgan fingerprint density at radius 2 is 2.18 bits per heavy atom. The summed E-state index contributed by atoms with van der Waals surface area (Å²) in [5.74, 6) is 0.0666. The molecule has 1 fully saturated rings. The fourth-order valence-electron chi connectivity index (χ4n) is 1.11. The van der Waals surface area contributed by atoms with Gasteiger partial charge in [0.25, 0.3) is 0 Å². The van der Waals surface area contributed by atoms with Crippen LogP contribution in [0.25, 0.3) is 0 Å². The molecule has 0 aromatic rings. The summed E-state index contributed by atoms with van der Waals surface area (Å²) in [4.78, 5) is 10.9. The minimum Gasteiger partial charge on any atom is -0.381 e. The summed E-state index contributed by atoms with van der Waals surface area (Å²) in [6.45, 7) is 1.54. The third kappa shape index (κ3) is 3.20. The SMILES string of the molecule is O=C(CBr)NC1CCOCC1. The van der Waals surface area contributed by atoms with Gasteiger partial charge >= 0.3 is 0 Å². The van der Waals surface area contributed by atoms with Crippen LogP contribution in [-0.2, 0) is 9.53 Å². The van der Waals surface area contributed by atoms with Crippen LogP contribution in [0, 0.1) is 0 Å². The molecule has 1 saturated heterocycles. The van der Waals surface area contributed by atoms with Gasteiger partial charge in [-0.25, -0.2) is 0 Å². The molecule has 0 unspecified atom stereocenters. The third-order valence-corrected chi connectivity index (χ3v) is 2.22. The number of rotatable bonds is 2. The zero-order valence-corrected chi connectivity index (χ0v) is 7.89. The highest BCUT2D eigenvalue weighted by molar-refractivity contribution is 9.09. The average molecular weight is 222 g/mol. The van der Waals surface area contributed by atoms with Crippen molar-refractivity contribution in [2.24, 2.45) is 0 Å². The van der Waals surface area contributed by atoms with Crippen molar-refractivity contribution < 1.29 is 9.53 Å². The average Bonchev–Trinajstić information content (AvgIpc) is 2.06. The van der Waals surface area contributed by atoms with E-state index in [0.29, 0.717) is 11.4 Å². The van der Waals surface area contributed by atoms with Crippen molar-refractivity contribution in [1.29, 1.82) is 0 Å². The van der Waals surface area contributed by atoms with E-state index in [-0.39, 0.29) is 5.91 Å². The molecule has 1 aliphatic rings. The van der Waals surface area contributed by atoms with Crippen LogP contribution in [0.4, 0.5) is 0 Å². The van der Waals surface area contributed by atoms with Crippen LogP contribution in [0.1, 0.15) is 12.8 Å². The first-order chi connectivity index (χ1) is 5.33. The van der Waals surface area contributed by atoms with Gasteiger partial charge in [0.15, 0.2) is 0 Å². The molecule has 0 radical (unpaired) electrons. The van der Waals surface area contributed by atoms with Crippen LogP contribution in [0.2, 0.25) is 0 Å². The molecule has 0 bridgehead atoms. The first-order valence-corrected chi connectivity index (χ1v) is 4.88. The molecule has 0 spiro atoms. The van der Waals surface area contributed by atoms with E-state index in [1.165, 1.54) is 0 Å². The Bertz CT molecular complexity index is 134. The Hall–Kier alpha value is -0.0900. The van der Waals surface area contributed by atoms with Gasteiger partial charge < -0.3 is 10.1 Å². The van der Waals surface area contributed by atoms with Gasteiger partial charge in [-0.15, -0.1) is 0 Å². The molecule has 1 aliphatic heterocycles. The highest BCUT2D eigenvalue weighted by atomic mass is 79.9. The quantitative estimate of drug-likeness (QED) is 0.697. The number of hydrogen-bond donors (Lipinski definition) is 1. The highest BCUT2D eigenvalue weighted by Crippen LogP contribution is 2.05. The number of hydrogen-bond acceptors (Lipinski definition) is 2. The van der Waals surface area contributed by atoms with Gasteiger partial charge in [-0.3, -0.25) is 4.79 Å². The van der Waals surface area contributed by atoms with E-state index < -0.39 is 0 Å². The lowest BCUT2D eigenvalue weighted by molar-refractivity contribution is -0.119. The van der Waals surface area contributed by atoms with Crippen molar-refractivity contribution in [2.75, 3.05) is 18.5 Å². The number of alkyl halides is 1. The van der Waals surface area contributed by atoms with Crippen LogP contribution < -0.4 is 5.32 Å². The number of amides is 1. The first-order valence-electron chi connectivity index (χ1n) is 3.76. The predicted molar refractivity (Wildman–Crippen MR) is 45.8 cm³/mol. The fourth-order valence-corrected chi connectivity index (χ4v) is 1.27. The van der Waals surface area contributed by atoms with Gasteiger partial charge in [0.05, 0.1) is 5.33 Å². The first kappa shape index (κ1) is 9.00. The maximum atomic E-state index is 10.9. The molecule has 1 amide bonds. The standard InChI is InChI=1S/C7H12BrNO2/c8-5-7(10)9-6-1-3-11-4-2-6/h6H,1-5H2,(H,9,10). The molecule has 0 atom stereocenters. The molecular weight excluding hydrogens is 210 g/mol. The van der Waals surface area contributed by atoms with E-state index in [2.05, 4.69) is 21.2 Å². The number of halogens is 1. The fraction of sp³-hybridized carbons (Fsp3) is 0.857. The zero-order valence-electron chi connectivity index (χ0n) is 6.31. The molecule has 1 rings (SSSR count). The molecule has 1 heterocycles. The molecule has 1 N–H and O–H groups in total. The van der Waals surface area contributed by atoms with Gasteiger partial charge in [-0.2, -0.15) is 0 Å². The van der Waals surface area contributed by atoms with E-state index in [4.69, 9.17) is 4.74 Å². The van der Waals surface area contributed by atoms with E-state index >= 15 is 0 Å². The smallest absolute Gasteiger partial charge is 0.230 e. The number of ether oxygens (including phenoxy) is 1. The predicted octanol–water partition coefficient (Wildman–Crippen LogP) is 0.677. The highest BCUT2D eigenvalue weighted by Gasteiger charge is 2.14. The van der Waals surface area contributed by atoms with Crippen molar-refractivity contribution in [3.8, 4) is 0 Å². The summed E-state index contributed by atoms with van der Waals surface area (Å²) in [6.07, 6.45) is 1.89. The second kappa shape index (κ2) is 4.72. The molecule has 64 valence electrons. The molecule has 3 nitrogen and oxygen atoms in total. The van der Waals surface area contributed by atoms with E-state index in [1.807, 2.05) is 0 Å². The van der Waals surface area contributed by atoms with E-state index in [0.717, 1.165) is 26.1 Å². The van der Waals surface area contributed by atoms with Crippen molar-refractivity contribution in [1.82, 2.24) is 5.32 Å². The summed E-state index contributed by atoms with van der Waals surface area (Å²) in [6, 6.07) is 0.328. The van der Waals surface area contributed by atoms with Crippen molar-refractivity contribution in [3.63, 3.8) is 0 Å². The normalized spacial score (nSPS) is 19.7. The topological polar surface area (TPSA) is 38.3 Å². The number of carbonyl (C=O) groups excluding carboxylic acids is 1. The number of nitrogens with one attached hydrogen (secondary N) is 1. The molecular formula is C7H12BrNO2. The van der Waals surface area contributed by atoms with Crippen molar-refractivity contribution >= 4 is 21.8 Å². The molecule has 0 aromatic heterocycles. The minimum absolute atomic E-state index is 0.0666. The minimum atomic E-state index is 0.0666. The second-order valence-electron chi connectivity index (χ2n) is 2.59. The van der Waals surface area contributed by atoms with E-state index in [1.54, 1.807) is 0 Å². The largest absolute Gasteiger partial charge is 0.381 e. The number of carbonyl (C=O) groups is 1. The lowest BCUT2D eigenvalue weighted by atomic mass is 10.1. The summed E-state index contributed by atoms with van der Waals surface area (Å²) in [7, 11) is 0. The Balaban J connectivity index is 2.19. The molecule has 11 heavy (non-hydrogen) atoms. The Labute approximate surface area is 74.6 Å². The van der Waals surface area contributed by atoms with Crippen molar-refractivity contribution in [3.05, 3.63) is 0 Å². The van der Waals surface area contributed by atoms with Crippen LogP contribution in [0.15, 0.2) is 0 Å². The van der Waals surface area contributed by atoms with Gasteiger partial charge in [0, 0.05) is 19.3 Å². The molecule has 0 aromatic carbocycles. The van der Waals surface area contributed by atoms with Gasteiger partial charge in [-0.05, 0) is 12.8 Å². The lowest BCUT2D eigenvalue weighted by Gasteiger charge is -2.22. The maximum absolute atomic E-state index is 10.9. The van der Waals surface area contributed by atoms with E-state index in [9.17, 15) is 4.79 Å². The van der Waals surface area contributed by atoms with Crippen LogP contribution >= 0.6 is 15.9 Å². The monoisotopic (exact) mass is 221 g/mol. The third-order valence-electron chi connectivity index (χ3n) is 1.71. The van der Waals surface area contributed by atoms with Gasteiger partial charge in [0.1, 0.15) is 0 Å².